The lowest BCUT2D eigenvalue weighted by Crippen LogP contribution is -2.53. The van der Waals surface area contributed by atoms with Crippen LogP contribution in [0, 0.1) is 0 Å². The topological polar surface area (TPSA) is 93.1 Å². The Bertz CT molecular complexity index is 426. The number of allylic oxidation sites excluding steroid dienone is 1. The Balaban J connectivity index is 2.96. The van der Waals surface area contributed by atoms with Crippen molar-refractivity contribution in [2.24, 2.45) is 0 Å². The van der Waals surface area contributed by atoms with Gasteiger partial charge >= 0.3 is 12.3 Å². The lowest BCUT2D eigenvalue weighted by atomic mass is 10.1. The molecule has 2 N–H and O–H groups in total. The Morgan fingerprint density at radius 3 is 2.11 bits per heavy atom. The van der Waals surface area contributed by atoms with Gasteiger partial charge in [-0.25, -0.2) is 0 Å². The van der Waals surface area contributed by atoms with Crippen LogP contribution in [0.1, 0.15) is 0 Å². The van der Waals surface area contributed by atoms with E-state index < -0.39 is 48.3 Å². The fourth-order valence-corrected chi connectivity index (χ4v) is 1.06. The first-order valence-electron chi connectivity index (χ1n) is 4.44. The molecule has 1 rings (SSSR count). The minimum atomic E-state index is -5.63. The van der Waals surface area contributed by atoms with Gasteiger partial charge in [0.1, 0.15) is 0 Å². The number of carbonyl (C=O) groups excluding carboxylic acids is 2. The Hall–Kier alpha value is -1.59. The molecule has 0 aromatic heterocycles. The van der Waals surface area contributed by atoms with E-state index in [0.29, 0.717) is 0 Å². The first-order valence-corrected chi connectivity index (χ1v) is 4.44. The van der Waals surface area contributed by atoms with Crippen LogP contribution >= 0.6 is 0 Å². The molecule has 3 unspecified atom stereocenters. The maximum atomic E-state index is 12.1. The molecule has 1 aliphatic rings. The van der Waals surface area contributed by atoms with E-state index in [1.54, 1.807) is 0 Å². The minimum absolute atomic E-state index is 1.72. The van der Waals surface area contributed by atoms with E-state index in [1.165, 1.54) is 0 Å². The maximum Gasteiger partial charge on any atom is 0.454 e. The molecule has 19 heavy (non-hydrogen) atoms. The summed E-state index contributed by atoms with van der Waals surface area (Å²) in [6.07, 6.45) is -16.3. The summed E-state index contributed by atoms with van der Waals surface area (Å²) in [5.41, 5.74) is 0. The third-order valence-corrected chi connectivity index (χ3v) is 1.91. The number of hydrogen-bond donors (Lipinski definition) is 2. The molecule has 0 aromatic rings. The molecule has 0 radical (unpaired) electrons. The maximum absolute atomic E-state index is 12.1. The summed E-state index contributed by atoms with van der Waals surface area (Å²) in [5, 5.41) is 17.7. The molecule has 11 heteroatoms. The van der Waals surface area contributed by atoms with E-state index in [0.717, 1.165) is 0 Å². The van der Waals surface area contributed by atoms with Gasteiger partial charge in [-0.15, -0.1) is 0 Å². The van der Waals surface area contributed by atoms with Gasteiger partial charge in [-0.3, -0.25) is 9.59 Å². The van der Waals surface area contributed by atoms with Crippen molar-refractivity contribution < 1.29 is 51.2 Å². The van der Waals surface area contributed by atoms with Crippen molar-refractivity contribution in [2.75, 3.05) is 0 Å². The van der Waals surface area contributed by atoms with Crippen molar-refractivity contribution in [1.29, 1.82) is 0 Å². The summed E-state index contributed by atoms with van der Waals surface area (Å²) in [5.74, 6) is -6.38. The number of Topliss-reactive ketones (excluding diaryl/α,β-unsaturated/α-hetero) is 2. The van der Waals surface area contributed by atoms with Crippen LogP contribution in [-0.4, -0.2) is 46.6 Å². The second-order valence-electron chi connectivity index (χ2n) is 3.24. The van der Waals surface area contributed by atoms with Crippen LogP contribution in [0.5, 0.6) is 0 Å². The van der Waals surface area contributed by atoms with Crippen LogP contribution in [0.4, 0.5) is 22.0 Å². The Morgan fingerprint density at radius 1 is 1.16 bits per heavy atom. The SMILES string of the molecule is O=C1C(=O)C(O)C(O)OC1OC(=C(F)F)C(F)(F)F. The van der Waals surface area contributed by atoms with Gasteiger partial charge in [0.15, 0.2) is 12.4 Å². The van der Waals surface area contributed by atoms with Crippen LogP contribution in [0.15, 0.2) is 11.8 Å². The number of alkyl halides is 3. The number of aliphatic hydroxyl groups is 2. The van der Waals surface area contributed by atoms with E-state index in [9.17, 15) is 31.5 Å². The quantitative estimate of drug-likeness (QED) is 0.417. The van der Waals surface area contributed by atoms with E-state index in [2.05, 4.69) is 9.47 Å². The highest BCUT2D eigenvalue weighted by molar-refractivity contribution is 6.40. The number of hydrogen-bond acceptors (Lipinski definition) is 6. The van der Waals surface area contributed by atoms with Gasteiger partial charge in [0.25, 0.3) is 17.8 Å². The van der Waals surface area contributed by atoms with Gasteiger partial charge in [-0.2, -0.15) is 22.0 Å². The summed E-state index contributed by atoms with van der Waals surface area (Å²) in [6, 6.07) is 0. The highest BCUT2D eigenvalue weighted by atomic mass is 19.4. The first-order chi connectivity index (χ1) is 8.55. The average Bonchev–Trinajstić information content (AvgIpc) is 2.27. The van der Waals surface area contributed by atoms with Crippen molar-refractivity contribution in [3.05, 3.63) is 11.8 Å². The normalized spacial score (nSPS) is 28.3. The molecule has 0 saturated carbocycles. The molecule has 0 spiro atoms. The molecule has 1 heterocycles. The number of halogens is 5. The molecular formula is C8H5F5O6. The summed E-state index contributed by atoms with van der Waals surface area (Å²) < 4.78 is 67.9. The molecule has 0 bridgehead atoms. The number of carbonyl (C=O) groups is 2. The van der Waals surface area contributed by atoms with Gasteiger partial charge in [0.2, 0.25) is 5.78 Å². The number of rotatable bonds is 2. The van der Waals surface area contributed by atoms with Gasteiger partial charge in [-0.05, 0) is 0 Å². The molecule has 1 aliphatic heterocycles. The number of aliphatic hydroxyl groups excluding tert-OH is 2. The third kappa shape index (κ3) is 3.24. The highest BCUT2D eigenvalue weighted by Crippen LogP contribution is 2.32. The predicted molar refractivity (Wildman–Crippen MR) is 43.3 cm³/mol. The van der Waals surface area contributed by atoms with E-state index in [1.807, 2.05) is 0 Å². The largest absolute Gasteiger partial charge is 0.454 e. The molecular weight excluding hydrogens is 287 g/mol. The minimum Gasteiger partial charge on any atom is -0.447 e. The molecule has 3 atom stereocenters. The second kappa shape index (κ2) is 5.19. The Labute approximate surface area is 101 Å². The van der Waals surface area contributed by atoms with Crippen LogP contribution in [0.3, 0.4) is 0 Å². The predicted octanol–water partition coefficient (Wildman–Crippen LogP) is -0.153. The average molecular weight is 292 g/mol. The van der Waals surface area contributed by atoms with Crippen molar-refractivity contribution in [2.45, 2.75) is 24.9 Å². The van der Waals surface area contributed by atoms with Gasteiger partial charge in [0.05, 0.1) is 0 Å². The fraction of sp³-hybridized carbons (Fsp3) is 0.500. The number of ether oxygens (including phenoxy) is 2. The van der Waals surface area contributed by atoms with Crippen molar-refractivity contribution in [3.8, 4) is 0 Å². The fourth-order valence-electron chi connectivity index (χ4n) is 1.06. The van der Waals surface area contributed by atoms with E-state index in [4.69, 9.17) is 10.2 Å². The second-order valence-corrected chi connectivity index (χ2v) is 3.24. The lowest BCUT2D eigenvalue weighted by molar-refractivity contribution is -0.263. The summed E-state index contributed by atoms with van der Waals surface area (Å²) in [4.78, 5) is 22.0. The van der Waals surface area contributed by atoms with E-state index >= 15 is 0 Å². The third-order valence-electron chi connectivity index (χ3n) is 1.91. The van der Waals surface area contributed by atoms with Crippen molar-refractivity contribution in [3.63, 3.8) is 0 Å². The molecule has 108 valence electrons. The monoisotopic (exact) mass is 292 g/mol. The van der Waals surface area contributed by atoms with Crippen LogP contribution < -0.4 is 0 Å². The molecule has 1 saturated heterocycles. The zero-order valence-corrected chi connectivity index (χ0v) is 8.65. The van der Waals surface area contributed by atoms with Gasteiger partial charge in [0, 0.05) is 0 Å². The van der Waals surface area contributed by atoms with Crippen molar-refractivity contribution in [1.82, 2.24) is 0 Å². The van der Waals surface area contributed by atoms with E-state index in [-0.39, 0.29) is 0 Å². The Morgan fingerprint density at radius 2 is 1.68 bits per heavy atom. The van der Waals surface area contributed by atoms with Gasteiger partial charge in [-0.1, -0.05) is 0 Å². The number of ketones is 2. The van der Waals surface area contributed by atoms with Crippen LogP contribution in [0.2, 0.25) is 0 Å². The molecule has 6 nitrogen and oxygen atoms in total. The molecule has 1 fully saturated rings. The zero-order valence-electron chi connectivity index (χ0n) is 8.65. The molecule has 0 aliphatic carbocycles. The zero-order chi connectivity index (χ0) is 15.0. The van der Waals surface area contributed by atoms with Crippen LogP contribution in [0.25, 0.3) is 0 Å². The summed E-state index contributed by atoms with van der Waals surface area (Å²) >= 11 is 0. The lowest BCUT2D eigenvalue weighted by Gasteiger charge is -2.28. The molecule has 0 aromatic carbocycles. The standard InChI is InChI=1S/C8H5F5O6/c9-5(10)4(8(11,12)13)18-7-3(16)1(14)2(15)6(17)19-7/h2,6-7,15,17H. The summed E-state index contributed by atoms with van der Waals surface area (Å²) in [6.45, 7) is 0. The summed E-state index contributed by atoms with van der Waals surface area (Å²) in [7, 11) is 0. The molecule has 0 amide bonds. The van der Waals surface area contributed by atoms with Crippen molar-refractivity contribution >= 4 is 11.6 Å². The van der Waals surface area contributed by atoms with Gasteiger partial charge < -0.3 is 19.7 Å². The first kappa shape index (κ1) is 15.5. The smallest absolute Gasteiger partial charge is 0.447 e. The Kier molecular flexibility index (Phi) is 4.22. The van der Waals surface area contributed by atoms with Crippen LogP contribution in [-0.2, 0) is 19.1 Å². The highest BCUT2D eigenvalue weighted by Gasteiger charge is 2.48.